The number of nitrogens with one attached hydrogen (secondary N) is 1. The first-order chi connectivity index (χ1) is 7.06. The fourth-order valence-electron chi connectivity index (χ4n) is 3.22. The Balaban J connectivity index is 2.04. The standard InChI is InChI=1S/C12H22N2O/c1-8-7-12(9(8)2,11(13)15)14-10-5-3-4-6-10/h8-10,14H,3-7H2,1-2H3,(H2,13,15). The van der Waals surface area contributed by atoms with Gasteiger partial charge in [0.05, 0.1) is 0 Å². The van der Waals surface area contributed by atoms with E-state index in [9.17, 15) is 4.79 Å². The van der Waals surface area contributed by atoms with E-state index in [1.54, 1.807) is 0 Å². The monoisotopic (exact) mass is 210 g/mol. The van der Waals surface area contributed by atoms with Crippen LogP contribution < -0.4 is 11.1 Å². The predicted octanol–water partition coefficient (Wildman–Crippen LogP) is 1.42. The first-order valence-electron chi connectivity index (χ1n) is 6.14. The topological polar surface area (TPSA) is 55.1 Å². The van der Waals surface area contributed by atoms with Crippen LogP contribution in [0.5, 0.6) is 0 Å². The van der Waals surface area contributed by atoms with Gasteiger partial charge in [0, 0.05) is 6.04 Å². The highest BCUT2D eigenvalue weighted by molar-refractivity contribution is 5.86. The Kier molecular flexibility index (Phi) is 2.75. The lowest BCUT2D eigenvalue weighted by Crippen LogP contribution is -2.70. The molecule has 2 rings (SSSR count). The third kappa shape index (κ3) is 1.67. The highest BCUT2D eigenvalue weighted by Gasteiger charge is 2.54. The van der Waals surface area contributed by atoms with Gasteiger partial charge in [-0.1, -0.05) is 26.7 Å². The molecule has 0 radical (unpaired) electrons. The fourth-order valence-corrected chi connectivity index (χ4v) is 3.22. The van der Waals surface area contributed by atoms with Gasteiger partial charge in [-0.25, -0.2) is 0 Å². The van der Waals surface area contributed by atoms with Crippen molar-refractivity contribution in [1.82, 2.24) is 5.32 Å². The molecule has 3 unspecified atom stereocenters. The lowest BCUT2D eigenvalue weighted by atomic mass is 9.60. The molecule has 0 heterocycles. The third-order valence-corrected chi connectivity index (χ3v) is 4.53. The third-order valence-electron chi connectivity index (χ3n) is 4.53. The second-order valence-electron chi connectivity index (χ2n) is 5.43. The molecule has 0 aromatic carbocycles. The SMILES string of the molecule is CC1CC(NC2CCCC2)(C(N)=O)C1C. The van der Waals surface area contributed by atoms with E-state index in [4.69, 9.17) is 5.73 Å². The quantitative estimate of drug-likeness (QED) is 0.740. The van der Waals surface area contributed by atoms with Crippen LogP contribution in [-0.4, -0.2) is 17.5 Å². The van der Waals surface area contributed by atoms with Gasteiger partial charge in [-0.3, -0.25) is 4.79 Å². The average molecular weight is 210 g/mol. The van der Waals surface area contributed by atoms with Gasteiger partial charge in [-0.2, -0.15) is 0 Å². The predicted molar refractivity (Wildman–Crippen MR) is 60.3 cm³/mol. The molecule has 3 atom stereocenters. The summed E-state index contributed by atoms with van der Waals surface area (Å²) in [4.78, 5) is 11.6. The Hall–Kier alpha value is -0.570. The van der Waals surface area contributed by atoms with Gasteiger partial charge in [0.25, 0.3) is 0 Å². The zero-order valence-electron chi connectivity index (χ0n) is 9.75. The summed E-state index contributed by atoms with van der Waals surface area (Å²) in [6.45, 7) is 4.34. The van der Waals surface area contributed by atoms with Gasteiger partial charge in [0.15, 0.2) is 0 Å². The number of amides is 1. The molecule has 3 nitrogen and oxygen atoms in total. The van der Waals surface area contributed by atoms with Crippen LogP contribution in [0, 0.1) is 11.8 Å². The summed E-state index contributed by atoms with van der Waals surface area (Å²) in [5.74, 6) is 0.849. The molecule has 2 fully saturated rings. The summed E-state index contributed by atoms with van der Waals surface area (Å²) < 4.78 is 0. The lowest BCUT2D eigenvalue weighted by Gasteiger charge is -2.52. The smallest absolute Gasteiger partial charge is 0.238 e. The van der Waals surface area contributed by atoms with Crippen molar-refractivity contribution in [3.63, 3.8) is 0 Å². The van der Waals surface area contributed by atoms with E-state index in [1.807, 2.05) is 0 Å². The molecule has 15 heavy (non-hydrogen) atoms. The van der Waals surface area contributed by atoms with E-state index in [0.717, 1.165) is 6.42 Å². The van der Waals surface area contributed by atoms with E-state index in [2.05, 4.69) is 19.2 Å². The number of rotatable bonds is 3. The minimum atomic E-state index is -0.394. The Morgan fingerprint density at radius 2 is 1.93 bits per heavy atom. The first kappa shape index (κ1) is 10.9. The van der Waals surface area contributed by atoms with Crippen molar-refractivity contribution in [3.05, 3.63) is 0 Å². The van der Waals surface area contributed by atoms with Gasteiger partial charge in [-0.15, -0.1) is 0 Å². The van der Waals surface area contributed by atoms with Crippen molar-refractivity contribution in [2.75, 3.05) is 0 Å². The molecule has 2 aliphatic carbocycles. The van der Waals surface area contributed by atoms with Crippen molar-refractivity contribution in [1.29, 1.82) is 0 Å². The average Bonchev–Trinajstić information content (AvgIpc) is 2.68. The van der Waals surface area contributed by atoms with Crippen LogP contribution in [0.3, 0.4) is 0 Å². The number of carbonyl (C=O) groups excluding carboxylic acids is 1. The Morgan fingerprint density at radius 1 is 1.33 bits per heavy atom. The van der Waals surface area contributed by atoms with Crippen LogP contribution in [-0.2, 0) is 4.79 Å². The van der Waals surface area contributed by atoms with Crippen molar-refractivity contribution in [2.24, 2.45) is 17.6 Å². The maximum absolute atomic E-state index is 11.6. The highest BCUT2D eigenvalue weighted by atomic mass is 16.1. The Bertz CT molecular complexity index is 260. The molecule has 3 N–H and O–H groups in total. The molecular weight excluding hydrogens is 188 g/mol. The van der Waals surface area contributed by atoms with E-state index in [0.29, 0.717) is 17.9 Å². The molecule has 0 aromatic heterocycles. The van der Waals surface area contributed by atoms with Gasteiger partial charge in [-0.05, 0) is 31.1 Å². The highest BCUT2D eigenvalue weighted by Crippen LogP contribution is 2.44. The number of primary amides is 1. The van der Waals surface area contributed by atoms with E-state index < -0.39 is 5.54 Å². The normalized spacial score (nSPS) is 41.5. The number of carbonyl (C=O) groups is 1. The van der Waals surface area contributed by atoms with Crippen molar-refractivity contribution < 1.29 is 4.79 Å². The Morgan fingerprint density at radius 3 is 2.33 bits per heavy atom. The molecule has 2 saturated carbocycles. The van der Waals surface area contributed by atoms with Gasteiger partial charge in [0.2, 0.25) is 5.91 Å². The van der Waals surface area contributed by atoms with E-state index in [-0.39, 0.29) is 5.91 Å². The molecule has 0 spiro atoms. The molecule has 0 saturated heterocycles. The van der Waals surface area contributed by atoms with Crippen LogP contribution in [0.15, 0.2) is 0 Å². The number of hydrogen-bond donors (Lipinski definition) is 2. The van der Waals surface area contributed by atoms with Crippen LogP contribution >= 0.6 is 0 Å². The minimum Gasteiger partial charge on any atom is -0.368 e. The van der Waals surface area contributed by atoms with Crippen molar-refractivity contribution in [2.45, 2.75) is 57.5 Å². The summed E-state index contributed by atoms with van der Waals surface area (Å²) in [6.07, 6.45) is 5.90. The lowest BCUT2D eigenvalue weighted by molar-refractivity contribution is -0.135. The zero-order chi connectivity index (χ0) is 11.1. The molecule has 1 amide bonds. The van der Waals surface area contributed by atoms with Crippen LogP contribution in [0.25, 0.3) is 0 Å². The molecular formula is C12H22N2O. The summed E-state index contributed by atoms with van der Waals surface area (Å²) in [7, 11) is 0. The summed E-state index contributed by atoms with van der Waals surface area (Å²) in [5.41, 5.74) is 5.17. The Labute approximate surface area is 91.8 Å². The van der Waals surface area contributed by atoms with Crippen LogP contribution in [0.1, 0.15) is 46.0 Å². The molecule has 3 heteroatoms. The number of hydrogen-bond acceptors (Lipinski definition) is 2. The molecule has 0 aliphatic heterocycles. The summed E-state index contributed by atoms with van der Waals surface area (Å²) in [5, 5.41) is 3.53. The van der Waals surface area contributed by atoms with Gasteiger partial charge in [0.1, 0.15) is 5.54 Å². The van der Waals surface area contributed by atoms with E-state index in [1.165, 1.54) is 25.7 Å². The first-order valence-corrected chi connectivity index (χ1v) is 6.14. The maximum atomic E-state index is 11.6. The molecule has 86 valence electrons. The van der Waals surface area contributed by atoms with Gasteiger partial charge < -0.3 is 11.1 Å². The van der Waals surface area contributed by atoms with Crippen LogP contribution in [0.4, 0.5) is 0 Å². The van der Waals surface area contributed by atoms with E-state index >= 15 is 0 Å². The van der Waals surface area contributed by atoms with Crippen molar-refractivity contribution in [3.8, 4) is 0 Å². The van der Waals surface area contributed by atoms with Crippen LogP contribution in [0.2, 0.25) is 0 Å². The maximum Gasteiger partial charge on any atom is 0.238 e. The molecule has 0 aromatic rings. The molecule has 2 aliphatic rings. The minimum absolute atomic E-state index is 0.153. The second kappa shape index (κ2) is 3.78. The molecule has 0 bridgehead atoms. The fraction of sp³-hybridized carbons (Fsp3) is 0.917. The second-order valence-corrected chi connectivity index (χ2v) is 5.43. The largest absolute Gasteiger partial charge is 0.368 e. The van der Waals surface area contributed by atoms with Gasteiger partial charge >= 0.3 is 0 Å². The van der Waals surface area contributed by atoms with Crippen molar-refractivity contribution >= 4 is 5.91 Å². The number of nitrogens with two attached hydrogens (primary N) is 1. The summed E-state index contributed by atoms with van der Waals surface area (Å²) in [6, 6.07) is 0.521. The zero-order valence-corrected chi connectivity index (χ0v) is 9.75. The summed E-state index contributed by atoms with van der Waals surface area (Å²) >= 11 is 0.